The minimum absolute atomic E-state index is 0.631. The molecular formula is C16H29N3. The van der Waals surface area contributed by atoms with Crippen molar-refractivity contribution in [1.29, 1.82) is 0 Å². The number of hydrogen-bond acceptors (Lipinski definition) is 2. The molecule has 2 rings (SSSR count). The third-order valence-electron chi connectivity index (χ3n) is 4.42. The van der Waals surface area contributed by atoms with Gasteiger partial charge in [0, 0.05) is 19.3 Å². The van der Waals surface area contributed by atoms with Gasteiger partial charge in [-0.05, 0) is 49.6 Å². The van der Waals surface area contributed by atoms with Crippen LogP contribution in [0.2, 0.25) is 0 Å². The zero-order valence-corrected chi connectivity index (χ0v) is 12.7. The van der Waals surface area contributed by atoms with Crippen molar-refractivity contribution in [1.82, 2.24) is 15.1 Å². The van der Waals surface area contributed by atoms with E-state index in [0.717, 1.165) is 24.8 Å². The van der Waals surface area contributed by atoms with E-state index >= 15 is 0 Å². The Bertz CT molecular complexity index is 372. The summed E-state index contributed by atoms with van der Waals surface area (Å²) in [4.78, 5) is 0. The molecule has 1 fully saturated rings. The van der Waals surface area contributed by atoms with Crippen LogP contribution in [0.1, 0.15) is 51.5 Å². The van der Waals surface area contributed by atoms with Crippen molar-refractivity contribution in [3.63, 3.8) is 0 Å². The van der Waals surface area contributed by atoms with Gasteiger partial charge in [0.1, 0.15) is 0 Å². The van der Waals surface area contributed by atoms with Crippen LogP contribution in [0.15, 0.2) is 12.4 Å². The van der Waals surface area contributed by atoms with Crippen molar-refractivity contribution >= 4 is 0 Å². The number of aromatic nitrogens is 2. The topological polar surface area (TPSA) is 29.9 Å². The summed E-state index contributed by atoms with van der Waals surface area (Å²) >= 11 is 0. The Balaban J connectivity index is 1.97. The second kappa shape index (κ2) is 7.09. The molecule has 3 heteroatoms. The van der Waals surface area contributed by atoms with Gasteiger partial charge >= 0.3 is 0 Å². The van der Waals surface area contributed by atoms with Crippen LogP contribution >= 0.6 is 0 Å². The molecule has 3 unspecified atom stereocenters. The lowest BCUT2D eigenvalue weighted by molar-refractivity contribution is 0.221. The molecule has 0 saturated heterocycles. The van der Waals surface area contributed by atoms with Gasteiger partial charge in [-0.2, -0.15) is 5.10 Å². The molecule has 19 heavy (non-hydrogen) atoms. The van der Waals surface area contributed by atoms with Gasteiger partial charge in [0.25, 0.3) is 0 Å². The molecule has 3 atom stereocenters. The van der Waals surface area contributed by atoms with Gasteiger partial charge in [-0.15, -0.1) is 0 Å². The Hall–Kier alpha value is -0.830. The van der Waals surface area contributed by atoms with Crippen molar-refractivity contribution in [3.8, 4) is 0 Å². The lowest BCUT2D eigenvalue weighted by Crippen LogP contribution is -2.40. The molecule has 1 aliphatic rings. The van der Waals surface area contributed by atoms with Gasteiger partial charge in [-0.25, -0.2) is 0 Å². The van der Waals surface area contributed by atoms with Gasteiger partial charge in [0.2, 0.25) is 0 Å². The van der Waals surface area contributed by atoms with E-state index in [2.05, 4.69) is 30.5 Å². The van der Waals surface area contributed by atoms with Crippen molar-refractivity contribution in [2.24, 2.45) is 18.9 Å². The fourth-order valence-corrected chi connectivity index (χ4v) is 3.41. The largest absolute Gasteiger partial charge is 0.313 e. The Morgan fingerprint density at radius 2 is 2.32 bits per heavy atom. The first-order chi connectivity index (χ1) is 9.19. The van der Waals surface area contributed by atoms with Gasteiger partial charge in [0.05, 0.1) is 6.20 Å². The van der Waals surface area contributed by atoms with Crippen LogP contribution in [0.25, 0.3) is 0 Å². The molecule has 1 aromatic heterocycles. The third kappa shape index (κ3) is 4.34. The minimum Gasteiger partial charge on any atom is -0.313 e. The second-order valence-corrected chi connectivity index (χ2v) is 6.32. The van der Waals surface area contributed by atoms with E-state index in [1.165, 1.54) is 37.7 Å². The number of nitrogens with zero attached hydrogens (tertiary/aromatic N) is 2. The fourth-order valence-electron chi connectivity index (χ4n) is 3.41. The van der Waals surface area contributed by atoms with Gasteiger partial charge in [0.15, 0.2) is 0 Å². The zero-order valence-electron chi connectivity index (χ0n) is 12.7. The number of rotatable bonds is 6. The van der Waals surface area contributed by atoms with Crippen molar-refractivity contribution in [2.75, 3.05) is 6.54 Å². The molecule has 108 valence electrons. The Morgan fingerprint density at radius 1 is 1.47 bits per heavy atom. The normalized spacial score (nSPS) is 25.4. The molecule has 0 aromatic carbocycles. The minimum atomic E-state index is 0.631. The molecule has 0 radical (unpaired) electrons. The lowest BCUT2D eigenvalue weighted by atomic mass is 9.77. The summed E-state index contributed by atoms with van der Waals surface area (Å²) in [6, 6.07) is 0.631. The summed E-state index contributed by atoms with van der Waals surface area (Å²) in [7, 11) is 2.00. The first kappa shape index (κ1) is 14.6. The highest BCUT2D eigenvalue weighted by Crippen LogP contribution is 2.31. The van der Waals surface area contributed by atoms with Crippen LogP contribution in [-0.4, -0.2) is 22.4 Å². The van der Waals surface area contributed by atoms with Gasteiger partial charge < -0.3 is 5.32 Å². The van der Waals surface area contributed by atoms with E-state index in [0.29, 0.717) is 6.04 Å². The Kier molecular flexibility index (Phi) is 5.44. The summed E-state index contributed by atoms with van der Waals surface area (Å²) < 4.78 is 1.91. The third-order valence-corrected chi connectivity index (χ3v) is 4.42. The molecule has 1 aromatic rings. The molecule has 0 aliphatic heterocycles. The first-order valence-electron chi connectivity index (χ1n) is 7.90. The molecule has 3 nitrogen and oxygen atoms in total. The Labute approximate surface area is 117 Å². The smallest absolute Gasteiger partial charge is 0.0522 e. The maximum atomic E-state index is 4.30. The summed E-state index contributed by atoms with van der Waals surface area (Å²) in [5.74, 6) is 1.74. The Morgan fingerprint density at radius 3 is 2.95 bits per heavy atom. The van der Waals surface area contributed by atoms with E-state index in [1.54, 1.807) is 0 Å². The fraction of sp³-hybridized carbons (Fsp3) is 0.812. The van der Waals surface area contributed by atoms with E-state index in [1.807, 2.05) is 17.9 Å². The average molecular weight is 263 g/mol. The highest BCUT2D eigenvalue weighted by molar-refractivity contribution is 5.07. The predicted octanol–water partition coefficient (Wildman–Crippen LogP) is 3.16. The summed E-state index contributed by atoms with van der Waals surface area (Å²) in [6.07, 6.45) is 12.1. The molecule has 1 saturated carbocycles. The summed E-state index contributed by atoms with van der Waals surface area (Å²) in [5.41, 5.74) is 1.37. The zero-order chi connectivity index (χ0) is 13.7. The quantitative estimate of drug-likeness (QED) is 0.854. The maximum Gasteiger partial charge on any atom is 0.0522 e. The average Bonchev–Trinajstić information content (AvgIpc) is 2.80. The molecule has 1 aliphatic carbocycles. The summed E-state index contributed by atoms with van der Waals surface area (Å²) in [5, 5.41) is 8.08. The van der Waals surface area contributed by atoms with Gasteiger partial charge in [-0.1, -0.05) is 26.7 Å². The van der Waals surface area contributed by atoms with Crippen LogP contribution in [0.5, 0.6) is 0 Å². The molecule has 0 amide bonds. The van der Waals surface area contributed by atoms with Gasteiger partial charge in [-0.3, -0.25) is 4.68 Å². The van der Waals surface area contributed by atoms with Crippen LogP contribution < -0.4 is 5.32 Å². The lowest BCUT2D eigenvalue weighted by Gasteiger charge is -2.34. The van der Waals surface area contributed by atoms with E-state index in [-0.39, 0.29) is 0 Å². The van der Waals surface area contributed by atoms with Crippen LogP contribution in [0.3, 0.4) is 0 Å². The predicted molar refractivity (Wildman–Crippen MR) is 80.1 cm³/mol. The van der Waals surface area contributed by atoms with Crippen LogP contribution in [0, 0.1) is 11.8 Å². The molecular weight excluding hydrogens is 234 g/mol. The van der Waals surface area contributed by atoms with Crippen molar-refractivity contribution < 1.29 is 0 Å². The van der Waals surface area contributed by atoms with Crippen LogP contribution in [0.4, 0.5) is 0 Å². The highest BCUT2D eigenvalue weighted by Gasteiger charge is 2.26. The van der Waals surface area contributed by atoms with Crippen LogP contribution in [-0.2, 0) is 13.5 Å². The highest BCUT2D eigenvalue weighted by atomic mass is 15.2. The van der Waals surface area contributed by atoms with E-state index in [4.69, 9.17) is 0 Å². The number of nitrogens with one attached hydrogen (secondary N) is 1. The number of aryl methyl sites for hydroxylation is 1. The van der Waals surface area contributed by atoms with E-state index in [9.17, 15) is 0 Å². The molecule has 1 heterocycles. The van der Waals surface area contributed by atoms with E-state index < -0.39 is 0 Å². The number of hydrogen-bond donors (Lipinski definition) is 1. The van der Waals surface area contributed by atoms with Crippen molar-refractivity contribution in [3.05, 3.63) is 18.0 Å². The maximum absolute atomic E-state index is 4.30. The molecule has 0 spiro atoms. The first-order valence-corrected chi connectivity index (χ1v) is 7.90. The standard InChI is InChI=1S/C16H29N3/c1-4-8-17-16(10-14-11-18-19(3)12-14)15-7-5-6-13(2)9-15/h11-13,15-17H,4-10H2,1-3H3. The monoisotopic (exact) mass is 263 g/mol. The SMILES string of the molecule is CCCNC(Cc1cnn(C)c1)C1CCCC(C)C1. The molecule has 0 bridgehead atoms. The molecule has 1 N–H and O–H groups in total. The second-order valence-electron chi connectivity index (χ2n) is 6.32. The summed E-state index contributed by atoms with van der Waals surface area (Å²) in [6.45, 7) is 5.79. The van der Waals surface area contributed by atoms with Crippen molar-refractivity contribution in [2.45, 2.75) is 58.4 Å².